The van der Waals surface area contributed by atoms with Crippen LogP contribution in [0.3, 0.4) is 0 Å². The summed E-state index contributed by atoms with van der Waals surface area (Å²) in [5.41, 5.74) is 1.02. The summed E-state index contributed by atoms with van der Waals surface area (Å²) in [5.74, 6) is -0.386. The van der Waals surface area contributed by atoms with E-state index in [1.165, 1.54) is 10.9 Å². The van der Waals surface area contributed by atoms with Gasteiger partial charge in [0.05, 0.1) is 11.9 Å². The van der Waals surface area contributed by atoms with Gasteiger partial charge in [-0.1, -0.05) is 0 Å². The van der Waals surface area contributed by atoms with E-state index in [4.69, 9.17) is 0 Å². The number of hydrogen-bond acceptors (Lipinski definition) is 3. The molecule has 2 rings (SSSR count). The van der Waals surface area contributed by atoms with Crippen molar-refractivity contribution in [3.8, 4) is 0 Å². The van der Waals surface area contributed by atoms with E-state index in [0.717, 1.165) is 16.6 Å². The van der Waals surface area contributed by atoms with Crippen LogP contribution in [0, 0.1) is 6.92 Å². The SMILES string of the molecule is Cc1ccnn1CC(=O)Nc1cnn(CC(F)(F)F)c1. The summed E-state index contributed by atoms with van der Waals surface area (Å²) >= 11 is 0. The molecule has 1 N–H and O–H groups in total. The third-order valence-electron chi connectivity index (χ3n) is 2.48. The molecule has 6 nitrogen and oxygen atoms in total. The highest BCUT2D eigenvalue weighted by molar-refractivity contribution is 5.90. The molecule has 2 aromatic rings. The van der Waals surface area contributed by atoms with Crippen LogP contribution in [-0.2, 0) is 17.9 Å². The summed E-state index contributed by atoms with van der Waals surface area (Å²) < 4.78 is 38.6. The molecule has 0 aliphatic rings. The van der Waals surface area contributed by atoms with Crippen molar-refractivity contribution in [2.75, 3.05) is 5.32 Å². The zero-order chi connectivity index (χ0) is 14.8. The van der Waals surface area contributed by atoms with Crippen LogP contribution in [0.4, 0.5) is 18.9 Å². The normalized spacial score (nSPS) is 11.6. The van der Waals surface area contributed by atoms with Gasteiger partial charge in [0.2, 0.25) is 5.91 Å². The molecule has 0 aromatic carbocycles. The van der Waals surface area contributed by atoms with E-state index in [9.17, 15) is 18.0 Å². The Morgan fingerprint density at radius 2 is 2.15 bits per heavy atom. The topological polar surface area (TPSA) is 64.7 Å². The molecule has 1 amide bonds. The van der Waals surface area contributed by atoms with Crippen molar-refractivity contribution in [1.82, 2.24) is 19.6 Å². The molecule has 9 heteroatoms. The van der Waals surface area contributed by atoms with Gasteiger partial charge in [0.1, 0.15) is 13.1 Å². The van der Waals surface area contributed by atoms with Crippen molar-refractivity contribution >= 4 is 11.6 Å². The molecule has 0 unspecified atom stereocenters. The third kappa shape index (κ3) is 3.84. The number of aromatic nitrogens is 4. The zero-order valence-electron chi connectivity index (χ0n) is 10.6. The molecule has 0 saturated carbocycles. The second kappa shape index (κ2) is 5.35. The van der Waals surface area contributed by atoms with Gasteiger partial charge < -0.3 is 5.32 Å². The maximum Gasteiger partial charge on any atom is 0.408 e. The van der Waals surface area contributed by atoms with E-state index >= 15 is 0 Å². The predicted molar refractivity (Wildman–Crippen MR) is 63.9 cm³/mol. The summed E-state index contributed by atoms with van der Waals surface area (Å²) in [7, 11) is 0. The molecular weight excluding hydrogens is 275 g/mol. The van der Waals surface area contributed by atoms with Crippen molar-refractivity contribution in [3.63, 3.8) is 0 Å². The molecule has 0 aliphatic carbocycles. The molecule has 0 bridgehead atoms. The van der Waals surface area contributed by atoms with Crippen LogP contribution < -0.4 is 5.32 Å². The molecule has 2 aromatic heterocycles. The van der Waals surface area contributed by atoms with Crippen molar-refractivity contribution in [2.45, 2.75) is 26.2 Å². The van der Waals surface area contributed by atoms with E-state index in [1.807, 2.05) is 0 Å². The molecule has 108 valence electrons. The number of rotatable bonds is 4. The fourth-order valence-corrected chi connectivity index (χ4v) is 1.60. The Bertz CT molecular complexity index is 601. The van der Waals surface area contributed by atoms with Crippen molar-refractivity contribution in [1.29, 1.82) is 0 Å². The van der Waals surface area contributed by atoms with Gasteiger partial charge in [-0.25, -0.2) is 0 Å². The highest BCUT2D eigenvalue weighted by Crippen LogP contribution is 2.18. The standard InChI is InChI=1S/C11H12F3N5O/c1-8-2-3-15-19(8)6-10(20)17-9-4-16-18(5-9)7-11(12,13)14/h2-5H,6-7H2,1H3,(H,17,20). The van der Waals surface area contributed by atoms with Gasteiger partial charge in [-0.2, -0.15) is 23.4 Å². The number of alkyl halides is 3. The van der Waals surface area contributed by atoms with Crippen LogP contribution in [0.25, 0.3) is 0 Å². The van der Waals surface area contributed by atoms with Crippen molar-refractivity contribution in [3.05, 3.63) is 30.4 Å². The summed E-state index contributed by atoms with van der Waals surface area (Å²) in [6.07, 6.45) is -0.496. The molecular formula is C11H12F3N5O. The lowest BCUT2D eigenvalue weighted by Crippen LogP contribution is -2.20. The Morgan fingerprint density at radius 1 is 1.40 bits per heavy atom. The highest BCUT2D eigenvalue weighted by atomic mass is 19.4. The lowest BCUT2D eigenvalue weighted by Gasteiger charge is -2.06. The smallest absolute Gasteiger partial charge is 0.322 e. The number of aryl methyl sites for hydroxylation is 1. The Labute approximate surface area is 112 Å². The molecule has 0 atom stereocenters. The van der Waals surface area contributed by atoms with E-state index in [-0.39, 0.29) is 18.1 Å². The Balaban J connectivity index is 1.93. The molecule has 20 heavy (non-hydrogen) atoms. The third-order valence-corrected chi connectivity index (χ3v) is 2.48. The summed E-state index contributed by atoms with van der Waals surface area (Å²) in [6, 6.07) is 1.74. The van der Waals surface area contributed by atoms with Gasteiger partial charge in [-0.15, -0.1) is 0 Å². The monoisotopic (exact) mass is 287 g/mol. The number of nitrogens with one attached hydrogen (secondary N) is 1. The number of carbonyl (C=O) groups excluding carboxylic acids is 1. The Kier molecular flexibility index (Phi) is 3.77. The number of nitrogens with zero attached hydrogens (tertiary/aromatic N) is 4. The fraction of sp³-hybridized carbons (Fsp3) is 0.364. The van der Waals surface area contributed by atoms with Crippen LogP contribution >= 0.6 is 0 Å². The average Bonchev–Trinajstić information content (AvgIpc) is 2.87. The zero-order valence-corrected chi connectivity index (χ0v) is 10.6. The molecule has 0 fully saturated rings. The lowest BCUT2D eigenvalue weighted by atomic mass is 10.4. The van der Waals surface area contributed by atoms with E-state index in [1.54, 1.807) is 19.2 Å². The van der Waals surface area contributed by atoms with Crippen LogP contribution in [-0.4, -0.2) is 31.6 Å². The number of carbonyl (C=O) groups is 1. The molecule has 0 radical (unpaired) electrons. The first-order chi connectivity index (χ1) is 9.33. The van der Waals surface area contributed by atoms with Gasteiger partial charge in [0.15, 0.2) is 0 Å². The average molecular weight is 287 g/mol. The number of anilines is 1. The first-order valence-electron chi connectivity index (χ1n) is 5.71. The van der Waals surface area contributed by atoms with Crippen LogP contribution in [0.5, 0.6) is 0 Å². The van der Waals surface area contributed by atoms with Gasteiger partial charge >= 0.3 is 6.18 Å². The minimum atomic E-state index is -4.35. The first-order valence-corrected chi connectivity index (χ1v) is 5.71. The van der Waals surface area contributed by atoms with E-state index in [0.29, 0.717) is 0 Å². The van der Waals surface area contributed by atoms with Gasteiger partial charge in [-0.05, 0) is 13.0 Å². The van der Waals surface area contributed by atoms with Crippen molar-refractivity contribution < 1.29 is 18.0 Å². The largest absolute Gasteiger partial charge is 0.408 e. The maximum atomic E-state index is 12.1. The first kappa shape index (κ1) is 14.1. The minimum Gasteiger partial charge on any atom is -0.322 e. The van der Waals surface area contributed by atoms with Gasteiger partial charge in [0, 0.05) is 18.1 Å². The molecule has 2 heterocycles. The summed E-state index contributed by atoms with van der Waals surface area (Å²) in [6.45, 7) is 0.589. The van der Waals surface area contributed by atoms with Gasteiger partial charge in [0.25, 0.3) is 0 Å². The van der Waals surface area contributed by atoms with Crippen molar-refractivity contribution in [2.24, 2.45) is 0 Å². The lowest BCUT2D eigenvalue weighted by molar-refractivity contribution is -0.142. The Morgan fingerprint density at radius 3 is 2.75 bits per heavy atom. The minimum absolute atomic E-state index is 0.0106. The van der Waals surface area contributed by atoms with E-state index < -0.39 is 12.7 Å². The predicted octanol–water partition coefficient (Wildman–Crippen LogP) is 1.59. The molecule has 0 saturated heterocycles. The van der Waals surface area contributed by atoms with Crippen LogP contribution in [0.1, 0.15) is 5.69 Å². The Hall–Kier alpha value is -2.32. The van der Waals surface area contributed by atoms with E-state index in [2.05, 4.69) is 15.5 Å². The fourth-order valence-electron chi connectivity index (χ4n) is 1.60. The number of hydrogen-bond donors (Lipinski definition) is 1. The number of amides is 1. The van der Waals surface area contributed by atoms with Gasteiger partial charge in [-0.3, -0.25) is 14.2 Å². The number of halogens is 3. The second-order valence-electron chi connectivity index (χ2n) is 4.22. The maximum absolute atomic E-state index is 12.1. The van der Waals surface area contributed by atoms with Crippen LogP contribution in [0.2, 0.25) is 0 Å². The molecule has 0 spiro atoms. The highest BCUT2D eigenvalue weighted by Gasteiger charge is 2.28. The summed E-state index contributed by atoms with van der Waals surface area (Å²) in [5, 5.41) is 9.93. The van der Waals surface area contributed by atoms with Crippen LogP contribution in [0.15, 0.2) is 24.7 Å². The summed E-state index contributed by atoms with van der Waals surface area (Å²) in [4.78, 5) is 11.7. The second-order valence-corrected chi connectivity index (χ2v) is 4.22. The molecule has 0 aliphatic heterocycles. The quantitative estimate of drug-likeness (QED) is 0.928.